The van der Waals surface area contributed by atoms with E-state index in [0.717, 1.165) is 50.5 Å². The second-order valence-corrected chi connectivity index (χ2v) is 9.58. The van der Waals surface area contributed by atoms with E-state index < -0.39 is 11.5 Å². The number of hydrogen-bond acceptors (Lipinski definition) is 5. The molecule has 0 bridgehead atoms. The molecule has 1 heterocycles. The van der Waals surface area contributed by atoms with E-state index in [4.69, 9.17) is 4.74 Å². The average molecular weight is 471 g/mol. The summed E-state index contributed by atoms with van der Waals surface area (Å²) in [6.45, 7) is 0.245. The highest BCUT2D eigenvalue weighted by molar-refractivity contribution is 5.86. The molecule has 2 amide bonds. The Morgan fingerprint density at radius 2 is 1.85 bits per heavy atom. The third-order valence-corrected chi connectivity index (χ3v) is 6.89. The maximum absolute atomic E-state index is 12.8. The van der Waals surface area contributed by atoms with E-state index in [1.165, 1.54) is 0 Å². The van der Waals surface area contributed by atoms with Crippen LogP contribution in [0.15, 0.2) is 42.5 Å². The smallest absolute Gasteiger partial charge is 0.309 e. The van der Waals surface area contributed by atoms with Gasteiger partial charge in [-0.3, -0.25) is 14.4 Å². The number of carbonyl (C=O) groups is 3. The van der Waals surface area contributed by atoms with Gasteiger partial charge < -0.3 is 20.5 Å². The first kappa shape index (κ1) is 25.9. The molecule has 0 saturated heterocycles. The molecule has 0 unspecified atom stereocenters. The summed E-state index contributed by atoms with van der Waals surface area (Å²) in [5.41, 5.74) is 0.561. The molecule has 7 heteroatoms. The van der Waals surface area contributed by atoms with E-state index in [9.17, 15) is 19.5 Å². The summed E-state index contributed by atoms with van der Waals surface area (Å²) < 4.78 is 5.47. The first-order chi connectivity index (χ1) is 16.5. The maximum atomic E-state index is 12.8. The number of amides is 2. The van der Waals surface area contributed by atoms with Gasteiger partial charge in [0.25, 0.3) is 0 Å². The number of cyclic esters (lactones) is 1. The molecule has 1 aliphatic heterocycles. The number of aliphatic hydroxyl groups excluding tert-OH is 1. The van der Waals surface area contributed by atoms with E-state index in [1.54, 1.807) is 0 Å². The van der Waals surface area contributed by atoms with Gasteiger partial charge in [0.1, 0.15) is 6.61 Å². The van der Waals surface area contributed by atoms with Gasteiger partial charge in [0, 0.05) is 6.42 Å². The zero-order valence-electron chi connectivity index (χ0n) is 20.0. The van der Waals surface area contributed by atoms with Gasteiger partial charge in [-0.2, -0.15) is 0 Å². The number of aliphatic hydroxyl groups is 1. The Kier molecular flexibility index (Phi) is 10.1. The number of carbonyl (C=O) groups excluding carboxylic acids is 3. The van der Waals surface area contributed by atoms with Crippen molar-refractivity contribution in [3.05, 3.63) is 48.0 Å². The fraction of sp³-hybridized carbons (Fsp3) is 0.593. The maximum Gasteiger partial charge on any atom is 0.309 e. The van der Waals surface area contributed by atoms with Gasteiger partial charge in [-0.05, 0) is 50.5 Å². The fourth-order valence-electron chi connectivity index (χ4n) is 4.88. The van der Waals surface area contributed by atoms with Crippen molar-refractivity contribution in [2.75, 3.05) is 19.8 Å². The summed E-state index contributed by atoms with van der Waals surface area (Å²) in [7, 11) is 0. The van der Waals surface area contributed by atoms with Crippen LogP contribution in [0.4, 0.5) is 0 Å². The Labute approximate surface area is 202 Å². The Hall–Kier alpha value is -2.67. The van der Waals surface area contributed by atoms with Crippen LogP contribution in [0.1, 0.15) is 63.4 Å². The Morgan fingerprint density at radius 3 is 2.59 bits per heavy atom. The minimum Gasteiger partial charge on any atom is -0.464 e. The summed E-state index contributed by atoms with van der Waals surface area (Å²) in [6.07, 6.45) is 11.1. The molecular formula is C27H38N2O5. The first-order valence-electron chi connectivity index (χ1n) is 12.6. The molecule has 34 heavy (non-hydrogen) atoms. The van der Waals surface area contributed by atoms with Crippen LogP contribution in [0, 0.1) is 11.8 Å². The highest BCUT2D eigenvalue weighted by atomic mass is 16.5. The fourth-order valence-corrected chi connectivity index (χ4v) is 4.88. The topological polar surface area (TPSA) is 105 Å². The molecule has 0 aromatic heterocycles. The normalized spacial score (nSPS) is 24.0. The van der Waals surface area contributed by atoms with Crippen LogP contribution in [0.3, 0.4) is 0 Å². The molecule has 0 radical (unpaired) electrons. The summed E-state index contributed by atoms with van der Waals surface area (Å²) in [6, 6.07) is 9.93. The van der Waals surface area contributed by atoms with Crippen LogP contribution in [0.5, 0.6) is 0 Å². The number of rotatable bonds is 6. The van der Waals surface area contributed by atoms with Crippen LogP contribution in [0.2, 0.25) is 0 Å². The molecule has 2 atom stereocenters. The monoisotopic (exact) mass is 470 g/mol. The molecule has 1 saturated carbocycles. The summed E-state index contributed by atoms with van der Waals surface area (Å²) in [4.78, 5) is 38.1. The average Bonchev–Trinajstić information content (AvgIpc) is 3.31. The largest absolute Gasteiger partial charge is 0.464 e. The van der Waals surface area contributed by atoms with Crippen molar-refractivity contribution in [3.8, 4) is 0 Å². The van der Waals surface area contributed by atoms with Crippen LogP contribution < -0.4 is 10.6 Å². The number of allylic oxidation sites excluding steroid dienone is 2. The minimum absolute atomic E-state index is 0.0663. The zero-order valence-corrected chi connectivity index (χ0v) is 20.0. The molecule has 1 aliphatic carbocycles. The minimum atomic E-state index is -0.546. The van der Waals surface area contributed by atoms with Gasteiger partial charge in [0.05, 0.1) is 30.5 Å². The second-order valence-electron chi connectivity index (χ2n) is 9.58. The van der Waals surface area contributed by atoms with Gasteiger partial charge >= 0.3 is 5.97 Å². The summed E-state index contributed by atoms with van der Waals surface area (Å²) in [5.74, 6) is -1.38. The van der Waals surface area contributed by atoms with Gasteiger partial charge in [-0.1, -0.05) is 55.3 Å². The van der Waals surface area contributed by atoms with Gasteiger partial charge in [-0.25, -0.2) is 0 Å². The molecular weight excluding hydrogens is 432 g/mol. The predicted molar refractivity (Wildman–Crippen MR) is 130 cm³/mol. The highest BCUT2D eigenvalue weighted by Gasteiger charge is 2.35. The van der Waals surface area contributed by atoms with E-state index >= 15 is 0 Å². The van der Waals surface area contributed by atoms with E-state index in [-0.39, 0.29) is 49.9 Å². The molecule has 1 aromatic carbocycles. The van der Waals surface area contributed by atoms with Crippen molar-refractivity contribution < 1.29 is 24.2 Å². The van der Waals surface area contributed by atoms with Gasteiger partial charge in [0.15, 0.2) is 0 Å². The first-order valence-corrected chi connectivity index (χ1v) is 12.6. The highest BCUT2D eigenvalue weighted by Crippen LogP contribution is 2.29. The summed E-state index contributed by atoms with van der Waals surface area (Å²) in [5, 5.41) is 15.6. The lowest BCUT2D eigenvalue weighted by Gasteiger charge is -2.28. The van der Waals surface area contributed by atoms with Gasteiger partial charge in [0.2, 0.25) is 11.8 Å². The van der Waals surface area contributed by atoms with E-state index in [2.05, 4.69) is 10.6 Å². The molecule has 1 fully saturated rings. The number of benzene rings is 1. The molecule has 7 nitrogen and oxygen atoms in total. The molecule has 3 rings (SSSR count). The van der Waals surface area contributed by atoms with Crippen molar-refractivity contribution in [2.24, 2.45) is 11.8 Å². The van der Waals surface area contributed by atoms with Crippen molar-refractivity contribution in [1.29, 1.82) is 0 Å². The number of esters is 1. The SMILES string of the molecule is O=C(C[C@H]1CC=CCCC[C@H](Cc2ccccc2)C(=O)OCCNC1=O)NC1(CO)CCCC1. The summed E-state index contributed by atoms with van der Waals surface area (Å²) >= 11 is 0. The predicted octanol–water partition coefficient (Wildman–Crippen LogP) is 3.06. The standard InChI is InChI=1S/C27H38N2O5/c30-20-27(14-8-9-15-27)29-24(31)19-22-12-6-1-2-7-13-23(18-21-10-4-3-5-11-21)26(33)34-17-16-28-25(22)32/h1,3-6,10-11,22-23,30H,2,7-9,12-20H2,(H,28,32)(H,29,31)/t22-,23-/m1/s1. The number of hydrogen-bond donors (Lipinski definition) is 3. The zero-order chi connectivity index (χ0) is 24.2. The lowest BCUT2D eigenvalue weighted by Crippen LogP contribution is -2.50. The van der Waals surface area contributed by atoms with E-state index in [0.29, 0.717) is 12.8 Å². The van der Waals surface area contributed by atoms with Crippen molar-refractivity contribution in [2.45, 2.75) is 69.7 Å². The van der Waals surface area contributed by atoms with E-state index in [1.807, 2.05) is 42.5 Å². The number of ether oxygens (including phenoxy) is 1. The van der Waals surface area contributed by atoms with Crippen LogP contribution in [0.25, 0.3) is 0 Å². The lowest BCUT2D eigenvalue weighted by atomic mass is 9.93. The number of nitrogens with one attached hydrogen (secondary N) is 2. The van der Waals surface area contributed by atoms with Crippen molar-refractivity contribution in [1.82, 2.24) is 10.6 Å². The van der Waals surface area contributed by atoms with Crippen molar-refractivity contribution in [3.63, 3.8) is 0 Å². The Balaban J connectivity index is 1.57. The third-order valence-electron chi connectivity index (χ3n) is 6.89. The van der Waals surface area contributed by atoms with Crippen LogP contribution >= 0.6 is 0 Å². The van der Waals surface area contributed by atoms with Gasteiger partial charge in [-0.15, -0.1) is 0 Å². The molecule has 186 valence electrons. The lowest BCUT2D eigenvalue weighted by molar-refractivity contribution is -0.149. The molecule has 3 N–H and O–H groups in total. The molecule has 1 aromatic rings. The van der Waals surface area contributed by atoms with Crippen molar-refractivity contribution >= 4 is 17.8 Å². The second kappa shape index (κ2) is 13.3. The third kappa shape index (κ3) is 7.97. The Morgan fingerprint density at radius 1 is 1.09 bits per heavy atom. The van der Waals surface area contributed by atoms with Crippen LogP contribution in [-0.4, -0.2) is 48.2 Å². The quantitative estimate of drug-likeness (QED) is 0.438. The van der Waals surface area contributed by atoms with Crippen LogP contribution in [-0.2, 0) is 25.5 Å². The molecule has 0 spiro atoms. The molecule has 2 aliphatic rings. The Bertz CT molecular complexity index is 833.